The molecule has 2 aromatic carbocycles. The molecule has 0 aliphatic carbocycles. The summed E-state index contributed by atoms with van der Waals surface area (Å²) in [5.41, 5.74) is 4.94. The molecular weight excluding hydrogens is 473 g/mol. The van der Waals surface area contributed by atoms with Crippen LogP contribution in [0.15, 0.2) is 53.5 Å². The zero-order chi connectivity index (χ0) is 24.2. The van der Waals surface area contributed by atoms with Gasteiger partial charge in [0.2, 0.25) is 0 Å². The third kappa shape index (κ3) is 3.98. The molecule has 174 valence electrons. The second-order valence-corrected chi connectivity index (χ2v) is 13.4. The molecule has 3 aromatic heterocycles. The molecule has 0 N–H and O–H groups in total. The van der Waals surface area contributed by atoms with E-state index >= 15 is 0 Å². The number of hydrogen-bond donors (Lipinski definition) is 0. The lowest BCUT2D eigenvalue weighted by molar-refractivity contribution is 0.578. The summed E-state index contributed by atoms with van der Waals surface area (Å²) in [5.74, 6) is 0.654. The van der Waals surface area contributed by atoms with E-state index in [4.69, 9.17) is 9.97 Å². The van der Waals surface area contributed by atoms with E-state index in [-0.39, 0.29) is 5.41 Å². The average molecular weight is 503 g/mol. The van der Waals surface area contributed by atoms with Crippen LogP contribution in [-0.4, -0.2) is 9.97 Å². The Bertz CT molecular complexity index is 1550. The molecule has 0 spiro atoms. The number of aryl methyl sites for hydroxylation is 1. The van der Waals surface area contributed by atoms with Gasteiger partial charge in [-0.05, 0) is 58.7 Å². The molecule has 0 unspecified atom stereocenters. The molecular formula is C29H30N2S3. The normalized spacial score (nSPS) is 12.4. The van der Waals surface area contributed by atoms with Crippen LogP contribution in [0.4, 0.5) is 0 Å². The summed E-state index contributed by atoms with van der Waals surface area (Å²) in [7, 11) is 0. The fraction of sp³-hybridized carbons (Fsp3) is 0.310. The smallest absolute Gasteiger partial charge is 0.128 e. The first-order valence-electron chi connectivity index (χ1n) is 11.7. The minimum atomic E-state index is 0.0255. The number of nitrogens with zero attached hydrogens (tertiary/aromatic N) is 2. The van der Waals surface area contributed by atoms with E-state index in [1.807, 2.05) is 16.7 Å². The summed E-state index contributed by atoms with van der Waals surface area (Å²) in [6, 6.07) is 11.3. The van der Waals surface area contributed by atoms with Crippen molar-refractivity contribution in [3.8, 4) is 11.3 Å². The van der Waals surface area contributed by atoms with Crippen molar-refractivity contribution in [2.45, 2.75) is 58.3 Å². The van der Waals surface area contributed by atoms with Crippen LogP contribution in [-0.2, 0) is 11.8 Å². The van der Waals surface area contributed by atoms with Crippen molar-refractivity contribution in [3.05, 3.63) is 64.7 Å². The second-order valence-electron chi connectivity index (χ2n) is 10.3. The zero-order valence-corrected chi connectivity index (χ0v) is 23.1. The van der Waals surface area contributed by atoms with Crippen molar-refractivity contribution in [2.24, 2.45) is 5.92 Å². The molecule has 5 heteroatoms. The lowest BCUT2D eigenvalue weighted by Crippen LogP contribution is -2.12. The van der Waals surface area contributed by atoms with E-state index in [0.717, 1.165) is 22.5 Å². The molecule has 2 nitrogen and oxygen atoms in total. The summed E-state index contributed by atoms with van der Waals surface area (Å²) in [5, 5.41) is 5.73. The Labute approximate surface area is 214 Å². The Morgan fingerprint density at radius 3 is 2.47 bits per heavy atom. The van der Waals surface area contributed by atoms with E-state index in [2.05, 4.69) is 78.5 Å². The molecule has 5 rings (SSSR count). The van der Waals surface area contributed by atoms with Crippen LogP contribution in [0.1, 0.15) is 50.6 Å². The monoisotopic (exact) mass is 502 g/mol. The number of benzene rings is 2. The van der Waals surface area contributed by atoms with Gasteiger partial charge in [-0.25, -0.2) is 9.97 Å². The Morgan fingerprint density at radius 2 is 1.76 bits per heavy atom. The fourth-order valence-corrected chi connectivity index (χ4v) is 8.25. The highest BCUT2D eigenvalue weighted by molar-refractivity contribution is 8.02. The topological polar surface area (TPSA) is 25.8 Å². The van der Waals surface area contributed by atoms with Crippen LogP contribution in [0.25, 0.3) is 41.6 Å². The van der Waals surface area contributed by atoms with E-state index in [0.29, 0.717) is 5.92 Å². The predicted molar refractivity (Wildman–Crippen MR) is 154 cm³/mol. The molecule has 0 aliphatic rings. The maximum absolute atomic E-state index is 4.81. The Balaban J connectivity index is 1.77. The summed E-state index contributed by atoms with van der Waals surface area (Å²) in [4.78, 5) is 13.3. The number of thioether (sulfide) groups is 1. The largest absolute Gasteiger partial charge is 0.236 e. The van der Waals surface area contributed by atoms with Gasteiger partial charge in [-0.2, -0.15) is 0 Å². The van der Waals surface area contributed by atoms with Crippen molar-refractivity contribution in [2.75, 3.05) is 0 Å². The van der Waals surface area contributed by atoms with Crippen molar-refractivity contribution < 1.29 is 0 Å². The van der Waals surface area contributed by atoms with Crippen LogP contribution in [0.5, 0.6) is 0 Å². The molecule has 3 heterocycles. The minimum absolute atomic E-state index is 0.0255. The van der Waals surface area contributed by atoms with Gasteiger partial charge < -0.3 is 0 Å². The van der Waals surface area contributed by atoms with Crippen LogP contribution in [0.2, 0.25) is 0 Å². The molecule has 0 aliphatic heterocycles. The number of thiophene rings is 2. The highest BCUT2D eigenvalue weighted by Crippen LogP contribution is 2.45. The lowest BCUT2D eigenvalue weighted by Gasteiger charge is -2.23. The summed E-state index contributed by atoms with van der Waals surface area (Å²) >= 11 is 5.45. The minimum Gasteiger partial charge on any atom is -0.236 e. The lowest BCUT2D eigenvalue weighted by atomic mass is 9.85. The third-order valence-electron chi connectivity index (χ3n) is 6.31. The van der Waals surface area contributed by atoms with Gasteiger partial charge in [0.05, 0.1) is 15.1 Å². The van der Waals surface area contributed by atoms with Crippen LogP contribution in [0, 0.1) is 12.8 Å². The standard InChI is InChI=1S/C29H30N2S3/c1-8-32-22-12-9-18(14-21(22)29(5,6)7)25-24-20-11-10-19-17(4)23(13-16(2)3)33-26(19)27(20)34-28(24)31-15-30-25/h8-12,14-16H,1,13H2,2-7H3. The average Bonchev–Trinajstić information content (AvgIpc) is 3.31. The van der Waals surface area contributed by atoms with Crippen molar-refractivity contribution in [1.29, 1.82) is 0 Å². The van der Waals surface area contributed by atoms with E-state index in [9.17, 15) is 0 Å². The molecule has 0 radical (unpaired) electrons. The molecule has 0 atom stereocenters. The summed E-state index contributed by atoms with van der Waals surface area (Å²) in [6.07, 6.45) is 2.85. The maximum Gasteiger partial charge on any atom is 0.128 e. The van der Waals surface area contributed by atoms with Gasteiger partial charge in [-0.1, -0.05) is 71.2 Å². The third-order valence-corrected chi connectivity index (χ3v) is 9.69. The molecule has 34 heavy (non-hydrogen) atoms. The number of rotatable bonds is 5. The van der Waals surface area contributed by atoms with E-state index in [1.54, 1.807) is 29.4 Å². The highest BCUT2D eigenvalue weighted by Gasteiger charge is 2.22. The highest BCUT2D eigenvalue weighted by atomic mass is 32.2. The van der Waals surface area contributed by atoms with E-state index in [1.165, 1.54) is 46.5 Å². The van der Waals surface area contributed by atoms with Crippen molar-refractivity contribution >= 4 is 64.8 Å². The van der Waals surface area contributed by atoms with Gasteiger partial charge in [0, 0.05) is 26.1 Å². The summed E-state index contributed by atoms with van der Waals surface area (Å²) < 4.78 is 2.74. The van der Waals surface area contributed by atoms with Crippen molar-refractivity contribution in [1.82, 2.24) is 9.97 Å². The number of hydrogen-bond acceptors (Lipinski definition) is 5. The van der Waals surface area contributed by atoms with Gasteiger partial charge in [-0.15, -0.1) is 22.7 Å². The Hall–Kier alpha value is -2.21. The van der Waals surface area contributed by atoms with Gasteiger partial charge in [-0.3, -0.25) is 0 Å². The van der Waals surface area contributed by atoms with Crippen LogP contribution in [0.3, 0.4) is 0 Å². The van der Waals surface area contributed by atoms with Gasteiger partial charge >= 0.3 is 0 Å². The number of aromatic nitrogens is 2. The second kappa shape index (κ2) is 8.78. The molecule has 0 saturated carbocycles. The molecule has 0 bridgehead atoms. The molecule has 0 saturated heterocycles. The number of fused-ring (bicyclic) bond motifs is 5. The van der Waals surface area contributed by atoms with Gasteiger partial charge in [0.1, 0.15) is 11.2 Å². The molecule has 0 amide bonds. The van der Waals surface area contributed by atoms with Crippen LogP contribution < -0.4 is 0 Å². The van der Waals surface area contributed by atoms with Crippen LogP contribution >= 0.6 is 34.4 Å². The fourth-order valence-electron chi connectivity index (χ4n) is 4.63. The van der Waals surface area contributed by atoms with Crippen molar-refractivity contribution in [3.63, 3.8) is 0 Å². The predicted octanol–water partition coefficient (Wildman–Crippen LogP) is 9.77. The Kier molecular flexibility index (Phi) is 6.07. The first kappa shape index (κ1) is 23.5. The Morgan fingerprint density at radius 1 is 1.03 bits per heavy atom. The van der Waals surface area contributed by atoms with E-state index < -0.39 is 0 Å². The van der Waals surface area contributed by atoms with Gasteiger partial charge in [0.25, 0.3) is 0 Å². The molecule has 5 aromatic rings. The van der Waals surface area contributed by atoms with Gasteiger partial charge in [0.15, 0.2) is 0 Å². The first-order valence-corrected chi connectivity index (χ1v) is 14.2. The zero-order valence-electron chi connectivity index (χ0n) is 20.7. The SMILES string of the molecule is C=CSc1ccc(-c2ncnc3sc4c(ccc5c(C)c(CC(C)C)sc54)c23)cc1C(C)(C)C. The molecule has 0 fully saturated rings. The first-order chi connectivity index (χ1) is 16.2. The summed E-state index contributed by atoms with van der Waals surface area (Å²) in [6.45, 7) is 17.6. The maximum atomic E-state index is 4.81. The quantitative estimate of drug-likeness (QED) is 0.224.